The van der Waals surface area contributed by atoms with Crippen LogP contribution < -0.4 is 4.90 Å². The second kappa shape index (κ2) is 6.41. The van der Waals surface area contributed by atoms with Gasteiger partial charge in [-0.15, -0.1) is 5.10 Å². The summed E-state index contributed by atoms with van der Waals surface area (Å²) in [5, 5.41) is 8.69. The zero-order valence-electron chi connectivity index (χ0n) is 15.3. The molecule has 26 heavy (non-hydrogen) atoms. The monoisotopic (exact) mass is 346 g/mol. The van der Waals surface area contributed by atoms with Crippen molar-refractivity contribution in [3.8, 4) is 22.5 Å². The van der Waals surface area contributed by atoms with Gasteiger partial charge in [-0.25, -0.2) is 4.68 Å². The van der Waals surface area contributed by atoms with E-state index in [0.29, 0.717) is 6.54 Å². The Morgan fingerprint density at radius 3 is 2.58 bits per heavy atom. The van der Waals surface area contributed by atoms with Crippen LogP contribution in [0.3, 0.4) is 0 Å². The maximum atomic E-state index is 13.2. The molecule has 1 unspecified atom stereocenters. The Hall–Kier alpha value is -2.95. The topological polar surface area (TPSA) is 51.0 Å². The van der Waals surface area contributed by atoms with Crippen molar-refractivity contribution in [2.24, 2.45) is 13.0 Å². The molecule has 0 radical (unpaired) electrons. The van der Waals surface area contributed by atoms with Crippen LogP contribution in [0.4, 0.5) is 5.69 Å². The molecule has 0 saturated carbocycles. The van der Waals surface area contributed by atoms with Gasteiger partial charge in [-0.2, -0.15) is 0 Å². The van der Waals surface area contributed by atoms with Crippen molar-refractivity contribution in [1.29, 1.82) is 0 Å². The fraction of sp³-hybridized carbons (Fsp3) is 0.286. The molecular formula is C21H22N4O. The van der Waals surface area contributed by atoms with Crippen molar-refractivity contribution in [3.05, 3.63) is 54.1 Å². The van der Waals surface area contributed by atoms with Gasteiger partial charge in [0.25, 0.3) is 0 Å². The van der Waals surface area contributed by atoms with Gasteiger partial charge >= 0.3 is 0 Å². The molecule has 5 nitrogen and oxygen atoms in total. The minimum atomic E-state index is -0.0289. The number of para-hydroxylation sites is 1. The lowest BCUT2D eigenvalue weighted by molar-refractivity contribution is -0.122. The lowest BCUT2D eigenvalue weighted by Gasteiger charge is -2.30. The fourth-order valence-corrected chi connectivity index (χ4v) is 3.53. The molecule has 1 atom stereocenters. The van der Waals surface area contributed by atoms with Gasteiger partial charge in [0.1, 0.15) is 5.69 Å². The van der Waals surface area contributed by atoms with E-state index in [2.05, 4.69) is 29.4 Å². The normalized spacial score (nSPS) is 13.9. The standard InChI is InChI=1S/C21H22N4O/c1-4-14(2)21(26)25-13-15-9-5-6-10-16(15)19-20(24(3)23-22-19)17-11-7-8-12-18(17)25/h5-12,14H,4,13H2,1-3H3. The van der Waals surface area contributed by atoms with E-state index in [1.165, 1.54) is 0 Å². The molecule has 0 saturated heterocycles. The van der Waals surface area contributed by atoms with E-state index in [9.17, 15) is 4.79 Å². The van der Waals surface area contributed by atoms with Crippen LogP contribution in [0, 0.1) is 5.92 Å². The van der Waals surface area contributed by atoms with E-state index in [0.717, 1.165) is 40.2 Å². The lowest BCUT2D eigenvalue weighted by Crippen LogP contribution is -2.35. The number of carbonyl (C=O) groups is 1. The first-order chi connectivity index (χ1) is 12.6. The number of carbonyl (C=O) groups excluding carboxylic acids is 1. The molecule has 1 aliphatic rings. The van der Waals surface area contributed by atoms with Gasteiger partial charge in [0.15, 0.2) is 0 Å². The number of hydrogen-bond donors (Lipinski definition) is 0. The Labute approximate surface area is 153 Å². The van der Waals surface area contributed by atoms with E-state index < -0.39 is 0 Å². The van der Waals surface area contributed by atoms with E-state index in [-0.39, 0.29) is 11.8 Å². The maximum Gasteiger partial charge on any atom is 0.230 e. The van der Waals surface area contributed by atoms with Crippen LogP contribution in [-0.2, 0) is 18.4 Å². The van der Waals surface area contributed by atoms with E-state index in [4.69, 9.17) is 0 Å². The first-order valence-corrected chi connectivity index (χ1v) is 9.00. The molecule has 0 N–H and O–H groups in total. The third kappa shape index (κ3) is 2.51. The number of aryl methyl sites for hydroxylation is 1. The van der Waals surface area contributed by atoms with Crippen LogP contribution in [0.15, 0.2) is 48.5 Å². The predicted octanol–water partition coefficient (Wildman–Crippen LogP) is 4.04. The van der Waals surface area contributed by atoms with Crippen LogP contribution >= 0.6 is 0 Å². The van der Waals surface area contributed by atoms with Crippen molar-refractivity contribution in [3.63, 3.8) is 0 Å². The Balaban J connectivity index is 2.02. The Morgan fingerprint density at radius 2 is 1.81 bits per heavy atom. The van der Waals surface area contributed by atoms with Gasteiger partial charge in [0, 0.05) is 24.1 Å². The first kappa shape index (κ1) is 16.5. The summed E-state index contributed by atoms with van der Waals surface area (Å²) in [7, 11) is 1.90. The van der Waals surface area contributed by atoms with Gasteiger partial charge in [-0.1, -0.05) is 61.5 Å². The average Bonchev–Trinajstić information content (AvgIpc) is 3.04. The van der Waals surface area contributed by atoms with E-state index in [1.54, 1.807) is 4.68 Å². The van der Waals surface area contributed by atoms with Crippen LogP contribution in [0.25, 0.3) is 22.5 Å². The molecule has 0 fully saturated rings. The Kier molecular flexibility index (Phi) is 4.07. The van der Waals surface area contributed by atoms with Crippen molar-refractivity contribution in [1.82, 2.24) is 15.0 Å². The maximum absolute atomic E-state index is 13.2. The number of rotatable bonds is 2. The zero-order valence-corrected chi connectivity index (χ0v) is 15.3. The molecule has 132 valence electrons. The number of benzene rings is 2. The number of aromatic nitrogens is 3. The number of amides is 1. The quantitative estimate of drug-likeness (QED) is 0.703. The van der Waals surface area contributed by atoms with Crippen LogP contribution in [0.5, 0.6) is 0 Å². The second-order valence-corrected chi connectivity index (χ2v) is 6.82. The van der Waals surface area contributed by atoms with Crippen LogP contribution in [0.2, 0.25) is 0 Å². The molecule has 0 bridgehead atoms. The average molecular weight is 346 g/mol. The summed E-state index contributed by atoms with van der Waals surface area (Å²) < 4.78 is 1.79. The highest BCUT2D eigenvalue weighted by Gasteiger charge is 2.29. The Morgan fingerprint density at radius 1 is 1.12 bits per heavy atom. The molecule has 0 aliphatic carbocycles. The van der Waals surface area contributed by atoms with Gasteiger partial charge in [0.2, 0.25) is 5.91 Å². The molecule has 0 spiro atoms. The van der Waals surface area contributed by atoms with E-state index in [1.807, 2.05) is 55.3 Å². The predicted molar refractivity (Wildman–Crippen MR) is 103 cm³/mol. The lowest BCUT2D eigenvalue weighted by atomic mass is 9.94. The zero-order chi connectivity index (χ0) is 18.3. The smallest absolute Gasteiger partial charge is 0.230 e. The summed E-state index contributed by atoms with van der Waals surface area (Å²) in [6.07, 6.45) is 0.817. The largest absolute Gasteiger partial charge is 0.307 e. The third-order valence-electron chi connectivity index (χ3n) is 5.18. The number of hydrogen-bond acceptors (Lipinski definition) is 3. The highest BCUT2D eigenvalue weighted by Crippen LogP contribution is 2.41. The van der Waals surface area contributed by atoms with Gasteiger partial charge in [-0.3, -0.25) is 4.79 Å². The van der Waals surface area contributed by atoms with Gasteiger partial charge in [-0.05, 0) is 18.1 Å². The minimum absolute atomic E-state index is 0.0289. The summed E-state index contributed by atoms with van der Waals surface area (Å²) in [5.41, 5.74) is 5.83. The third-order valence-corrected chi connectivity index (χ3v) is 5.18. The molecule has 5 heteroatoms. The highest BCUT2D eigenvalue weighted by atomic mass is 16.2. The Bertz CT molecular complexity index is 976. The molecule has 1 aromatic heterocycles. The first-order valence-electron chi connectivity index (χ1n) is 9.00. The van der Waals surface area contributed by atoms with E-state index >= 15 is 0 Å². The van der Waals surface area contributed by atoms with Crippen molar-refractivity contribution < 1.29 is 4.79 Å². The van der Waals surface area contributed by atoms with Crippen molar-refractivity contribution in [2.45, 2.75) is 26.8 Å². The molecule has 4 rings (SSSR count). The van der Waals surface area contributed by atoms with Crippen molar-refractivity contribution in [2.75, 3.05) is 4.90 Å². The molecule has 3 aromatic rings. The summed E-state index contributed by atoms with van der Waals surface area (Å²) in [5.74, 6) is 0.118. The summed E-state index contributed by atoms with van der Waals surface area (Å²) in [4.78, 5) is 15.1. The number of anilines is 1. The molecule has 1 amide bonds. The number of fused-ring (bicyclic) bond motifs is 5. The molecule has 1 aliphatic heterocycles. The van der Waals surface area contributed by atoms with Crippen LogP contribution in [-0.4, -0.2) is 20.9 Å². The molecule has 2 aromatic carbocycles. The fourth-order valence-electron chi connectivity index (χ4n) is 3.53. The summed E-state index contributed by atoms with van der Waals surface area (Å²) in [6, 6.07) is 16.2. The minimum Gasteiger partial charge on any atom is -0.307 e. The van der Waals surface area contributed by atoms with Gasteiger partial charge < -0.3 is 4.90 Å². The SMILES string of the molecule is CCC(C)C(=O)N1Cc2ccccc2-c2nnn(C)c2-c2ccccc21. The highest BCUT2D eigenvalue weighted by molar-refractivity contribution is 6.01. The van der Waals surface area contributed by atoms with Crippen LogP contribution in [0.1, 0.15) is 25.8 Å². The number of nitrogens with zero attached hydrogens (tertiary/aromatic N) is 4. The van der Waals surface area contributed by atoms with Crippen molar-refractivity contribution >= 4 is 11.6 Å². The molecular weight excluding hydrogens is 324 g/mol. The molecule has 2 heterocycles. The van der Waals surface area contributed by atoms with Gasteiger partial charge in [0.05, 0.1) is 17.9 Å². The summed E-state index contributed by atoms with van der Waals surface area (Å²) in [6.45, 7) is 4.58. The summed E-state index contributed by atoms with van der Waals surface area (Å²) >= 11 is 0. The second-order valence-electron chi connectivity index (χ2n) is 6.82.